The third-order valence-electron chi connectivity index (χ3n) is 2.27. The Morgan fingerprint density at radius 3 is 2.50 bits per heavy atom. The number of halogens is 3. The molecule has 1 aromatic rings. The van der Waals surface area contributed by atoms with Crippen LogP contribution in [0.1, 0.15) is 5.69 Å². The summed E-state index contributed by atoms with van der Waals surface area (Å²) in [5.74, 6) is 0.129. The van der Waals surface area contributed by atoms with Crippen LogP contribution in [0.25, 0.3) is 0 Å². The van der Waals surface area contributed by atoms with Gasteiger partial charge in [-0.2, -0.15) is 13.2 Å². The summed E-state index contributed by atoms with van der Waals surface area (Å²) in [6.07, 6.45) is -3.28. The van der Waals surface area contributed by atoms with Crippen LogP contribution in [0, 0.1) is 0 Å². The molecular formula is C9H10F3N4. The van der Waals surface area contributed by atoms with E-state index in [0.29, 0.717) is 26.2 Å². The molecule has 1 aliphatic rings. The monoisotopic (exact) mass is 231 g/mol. The SMILES string of the molecule is FC(F)(F)c1ccnc(N2CC[N]CC2)n1. The Morgan fingerprint density at radius 1 is 1.19 bits per heavy atom. The van der Waals surface area contributed by atoms with Crippen molar-refractivity contribution in [3.8, 4) is 0 Å². The van der Waals surface area contributed by atoms with Gasteiger partial charge in [-0.25, -0.2) is 15.3 Å². The topological polar surface area (TPSA) is 43.1 Å². The summed E-state index contributed by atoms with van der Waals surface area (Å²) in [5, 5.41) is 4.10. The standard InChI is InChI=1S/C9H10F3N4/c10-9(11,12)7-1-2-14-8(15-7)16-5-3-13-4-6-16/h1-2H,3-6H2. The predicted octanol–water partition coefficient (Wildman–Crippen LogP) is 0.920. The van der Waals surface area contributed by atoms with E-state index in [1.165, 1.54) is 0 Å². The van der Waals surface area contributed by atoms with E-state index in [1.54, 1.807) is 4.90 Å². The van der Waals surface area contributed by atoms with Crippen LogP contribution in [0.15, 0.2) is 12.3 Å². The van der Waals surface area contributed by atoms with E-state index in [1.807, 2.05) is 0 Å². The first-order chi connectivity index (χ1) is 7.57. The molecule has 0 aliphatic carbocycles. The first kappa shape index (κ1) is 11.1. The Bertz CT molecular complexity index is 360. The van der Waals surface area contributed by atoms with Gasteiger partial charge in [-0.1, -0.05) is 0 Å². The number of rotatable bonds is 1. The lowest BCUT2D eigenvalue weighted by Crippen LogP contribution is -2.41. The number of aromatic nitrogens is 2. The van der Waals surface area contributed by atoms with Crippen LogP contribution in [0.2, 0.25) is 0 Å². The van der Waals surface area contributed by atoms with Gasteiger partial charge in [-0.05, 0) is 6.07 Å². The van der Waals surface area contributed by atoms with Crippen molar-refractivity contribution in [3.05, 3.63) is 18.0 Å². The second-order valence-electron chi connectivity index (χ2n) is 3.40. The second kappa shape index (κ2) is 4.25. The van der Waals surface area contributed by atoms with Crippen LogP contribution < -0.4 is 10.2 Å². The maximum atomic E-state index is 12.4. The molecule has 2 rings (SSSR count). The van der Waals surface area contributed by atoms with Gasteiger partial charge in [0.15, 0.2) is 0 Å². The van der Waals surface area contributed by atoms with E-state index in [-0.39, 0.29) is 5.95 Å². The number of piperazine rings is 1. The summed E-state index contributed by atoms with van der Waals surface area (Å²) in [5.41, 5.74) is -0.903. The van der Waals surface area contributed by atoms with Crippen molar-refractivity contribution in [1.29, 1.82) is 0 Å². The van der Waals surface area contributed by atoms with Gasteiger partial charge in [0.05, 0.1) is 0 Å². The molecule has 0 amide bonds. The Hall–Kier alpha value is -1.37. The van der Waals surface area contributed by atoms with Gasteiger partial charge in [0.25, 0.3) is 0 Å². The summed E-state index contributed by atoms with van der Waals surface area (Å²) in [6, 6.07) is 0.873. The van der Waals surface area contributed by atoms with Gasteiger partial charge in [-0.15, -0.1) is 0 Å². The molecule has 0 unspecified atom stereocenters. The quantitative estimate of drug-likeness (QED) is 0.721. The zero-order valence-corrected chi connectivity index (χ0v) is 8.41. The van der Waals surface area contributed by atoms with E-state index in [0.717, 1.165) is 12.3 Å². The molecule has 87 valence electrons. The zero-order chi connectivity index (χ0) is 11.6. The Morgan fingerprint density at radius 2 is 1.88 bits per heavy atom. The highest BCUT2D eigenvalue weighted by molar-refractivity contribution is 5.31. The fraction of sp³-hybridized carbons (Fsp3) is 0.556. The lowest BCUT2D eigenvalue weighted by atomic mass is 10.3. The smallest absolute Gasteiger partial charge is 0.338 e. The summed E-state index contributed by atoms with van der Waals surface area (Å²) < 4.78 is 37.2. The average molecular weight is 231 g/mol. The van der Waals surface area contributed by atoms with Crippen LogP contribution in [0.4, 0.5) is 19.1 Å². The molecule has 0 bridgehead atoms. The van der Waals surface area contributed by atoms with Gasteiger partial charge in [0, 0.05) is 32.4 Å². The van der Waals surface area contributed by atoms with E-state index in [4.69, 9.17) is 0 Å². The molecule has 0 saturated carbocycles. The van der Waals surface area contributed by atoms with Crippen LogP contribution in [-0.2, 0) is 6.18 Å². The fourth-order valence-electron chi connectivity index (χ4n) is 1.47. The zero-order valence-electron chi connectivity index (χ0n) is 8.41. The van der Waals surface area contributed by atoms with Crippen LogP contribution in [-0.4, -0.2) is 36.1 Å². The molecule has 1 fully saturated rings. The van der Waals surface area contributed by atoms with E-state index in [2.05, 4.69) is 15.3 Å². The average Bonchev–Trinajstić information content (AvgIpc) is 2.29. The largest absolute Gasteiger partial charge is 0.433 e. The molecule has 2 heterocycles. The normalized spacial score (nSPS) is 17.6. The minimum Gasteiger partial charge on any atom is -0.338 e. The highest BCUT2D eigenvalue weighted by Gasteiger charge is 2.33. The van der Waals surface area contributed by atoms with Gasteiger partial charge in [0.2, 0.25) is 5.95 Å². The van der Waals surface area contributed by atoms with Crippen molar-refractivity contribution >= 4 is 5.95 Å². The molecule has 1 aromatic heterocycles. The summed E-state index contributed by atoms with van der Waals surface area (Å²) >= 11 is 0. The Labute approximate surface area is 90.5 Å². The highest BCUT2D eigenvalue weighted by atomic mass is 19.4. The minimum atomic E-state index is -4.42. The number of nitrogens with zero attached hydrogens (tertiary/aromatic N) is 4. The Balaban J connectivity index is 2.21. The van der Waals surface area contributed by atoms with Crippen LogP contribution in [0.5, 0.6) is 0 Å². The second-order valence-corrected chi connectivity index (χ2v) is 3.40. The van der Waals surface area contributed by atoms with Crippen LogP contribution in [0.3, 0.4) is 0 Å². The molecule has 16 heavy (non-hydrogen) atoms. The first-order valence-corrected chi connectivity index (χ1v) is 4.86. The highest BCUT2D eigenvalue weighted by Crippen LogP contribution is 2.28. The molecule has 1 radical (unpaired) electrons. The van der Waals surface area contributed by atoms with Crippen molar-refractivity contribution in [2.45, 2.75) is 6.18 Å². The molecule has 0 N–H and O–H groups in total. The lowest BCUT2D eigenvalue weighted by molar-refractivity contribution is -0.141. The third-order valence-corrected chi connectivity index (χ3v) is 2.27. The van der Waals surface area contributed by atoms with Gasteiger partial charge in [0.1, 0.15) is 5.69 Å². The van der Waals surface area contributed by atoms with Crippen molar-refractivity contribution < 1.29 is 13.2 Å². The van der Waals surface area contributed by atoms with E-state index < -0.39 is 11.9 Å². The summed E-state index contributed by atoms with van der Waals surface area (Å²) in [4.78, 5) is 9.08. The predicted molar refractivity (Wildman–Crippen MR) is 51.1 cm³/mol. The van der Waals surface area contributed by atoms with E-state index >= 15 is 0 Å². The Kier molecular flexibility index (Phi) is 2.95. The maximum absolute atomic E-state index is 12.4. The van der Waals surface area contributed by atoms with Crippen molar-refractivity contribution in [1.82, 2.24) is 15.3 Å². The number of alkyl halides is 3. The van der Waals surface area contributed by atoms with Crippen molar-refractivity contribution in [2.24, 2.45) is 0 Å². The number of hydrogen-bond acceptors (Lipinski definition) is 3. The number of anilines is 1. The molecule has 1 saturated heterocycles. The molecule has 0 atom stereocenters. The van der Waals surface area contributed by atoms with Gasteiger partial charge in [-0.3, -0.25) is 0 Å². The first-order valence-electron chi connectivity index (χ1n) is 4.86. The lowest BCUT2D eigenvalue weighted by Gasteiger charge is -2.26. The number of hydrogen-bond donors (Lipinski definition) is 0. The van der Waals surface area contributed by atoms with E-state index in [9.17, 15) is 13.2 Å². The fourth-order valence-corrected chi connectivity index (χ4v) is 1.47. The maximum Gasteiger partial charge on any atom is 0.433 e. The van der Waals surface area contributed by atoms with Gasteiger partial charge < -0.3 is 4.90 Å². The van der Waals surface area contributed by atoms with Crippen molar-refractivity contribution in [3.63, 3.8) is 0 Å². The van der Waals surface area contributed by atoms with Crippen LogP contribution >= 0.6 is 0 Å². The molecule has 0 spiro atoms. The summed E-state index contributed by atoms with van der Waals surface area (Å²) in [7, 11) is 0. The van der Waals surface area contributed by atoms with Gasteiger partial charge >= 0.3 is 6.18 Å². The molecule has 0 aromatic carbocycles. The van der Waals surface area contributed by atoms with Crippen molar-refractivity contribution in [2.75, 3.05) is 31.1 Å². The summed E-state index contributed by atoms with van der Waals surface area (Å²) in [6.45, 7) is 2.36. The third kappa shape index (κ3) is 2.41. The molecule has 7 heteroatoms. The molecule has 1 aliphatic heterocycles. The molecular weight excluding hydrogens is 221 g/mol. The molecule has 4 nitrogen and oxygen atoms in total. The minimum absolute atomic E-state index is 0.129.